The molecule has 0 radical (unpaired) electrons. The molecular weight excluding hydrogens is 218 g/mol. The van der Waals surface area contributed by atoms with Crippen LogP contribution < -0.4 is 0 Å². The lowest BCUT2D eigenvalue weighted by atomic mass is 10.1. The molecule has 0 bridgehead atoms. The largest absolute Gasteiger partial charge is 0.380 e. The highest BCUT2D eigenvalue weighted by Gasteiger charge is 2.20. The highest BCUT2D eigenvalue weighted by Crippen LogP contribution is 2.13. The van der Waals surface area contributed by atoms with Crippen molar-refractivity contribution in [3.63, 3.8) is 0 Å². The van der Waals surface area contributed by atoms with Crippen LogP contribution >= 0.6 is 0 Å². The molecule has 0 spiro atoms. The predicted octanol–water partition coefficient (Wildman–Crippen LogP) is 1.89. The summed E-state index contributed by atoms with van der Waals surface area (Å²) in [5, 5.41) is 0. The summed E-state index contributed by atoms with van der Waals surface area (Å²) in [6.07, 6.45) is 3.71. The summed E-state index contributed by atoms with van der Waals surface area (Å²) >= 11 is 0. The van der Waals surface area contributed by atoms with E-state index in [1.807, 2.05) is 13.8 Å². The first-order valence-corrected chi connectivity index (χ1v) is 6.78. The Kier molecular flexibility index (Phi) is 7.77. The lowest BCUT2D eigenvalue weighted by Gasteiger charge is -2.32. The second-order valence-corrected chi connectivity index (χ2v) is 4.43. The Hall–Kier alpha value is -0.160. The quantitative estimate of drug-likeness (QED) is 0.611. The number of rotatable bonds is 8. The second-order valence-electron chi connectivity index (χ2n) is 4.43. The van der Waals surface area contributed by atoms with Gasteiger partial charge in [0.15, 0.2) is 6.29 Å². The fourth-order valence-corrected chi connectivity index (χ4v) is 2.28. The molecule has 0 aromatic carbocycles. The molecule has 1 aliphatic heterocycles. The topological polar surface area (TPSA) is 30.9 Å². The Morgan fingerprint density at radius 3 is 2.53 bits per heavy atom. The van der Waals surface area contributed by atoms with Gasteiger partial charge in [-0.25, -0.2) is 0 Å². The summed E-state index contributed by atoms with van der Waals surface area (Å²) < 4.78 is 16.5. The average molecular weight is 245 g/mol. The molecule has 4 heteroatoms. The van der Waals surface area contributed by atoms with E-state index in [9.17, 15) is 0 Å². The first kappa shape index (κ1) is 14.9. The van der Waals surface area contributed by atoms with Crippen LogP contribution in [0.5, 0.6) is 0 Å². The van der Waals surface area contributed by atoms with E-state index in [1.54, 1.807) is 7.11 Å². The number of ether oxygens (including phenoxy) is 3. The summed E-state index contributed by atoms with van der Waals surface area (Å²) in [4.78, 5) is 2.45. The minimum Gasteiger partial charge on any atom is -0.380 e. The fraction of sp³-hybridized carbons (Fsp3) is 1.00. The van der Waals surface area contributed by atoms with Gasteiger partial charge in [0.1, 0.15) is 0 Å². The van der Waals surface area contributed by atoms with Gasteiger partial charge in [0.25, 0.3) is 0 Å². The minimum absolute atomic E-state index is 0.0482. The molecule has 102 valence electrons. The van der Waals surface area contributed by atoms with E-state index < -0.39 is 0 Å². The maximum Gasteiger partial charge on any atom is 0.158 e. The fourth-order valence-electron chi connectivity index (χ4n) is 2.28. The molecule has 0 saturated carbocycles. The molecule has 0 amide bonds. The van der Waals surface area contributed by atoms with Crippen LogP contribution in [-0.4, -0.2) is 57.3 Å². The van der Waals surface area contributed by atoms with E-state index in [2.05, 4.69) is 4.90 Å². The van der Waals surface area contributed by atoms with Gasteiger partial charge in [0, 0.05) is 39.8 Å². The molecule has 0 aromatic heterocycles. The van der Waals surface area contributed by atoms with Crippen molar-refractivity contribution in [3.05, 3.63) is 0 Å². The van der Waals surface area contributed by atoms with Crippen molar-refractivity contribution in [2.24, 2.45) is 0 Å². The summed E-state index contributed by atoms with van der Waals surface area (Å²) in [5.41, 5.74) is 0. The molecule has 0 N–H and O–H groups in total. The van der Waals surface area contributed by atoms with Gasteiger partial charge in [0.2, 0.25) is 0 Å². The van der Waals surface area contributed by atoms with E-state index in [4.69, 9.17) is 14.2 Å². The van der Waals surface area contributed by atoms with Crippen LogP contribution in [0, 0.1) is 0 Å². The Labute approximate surface area is 105 Å². The zero-order chi connectivity index (χ0) is 12.5. The van der Waals surface area contributed by atoms with E-state index in [0.717, 1.165) is 19.5 Å². The van der Waals surface area contributed by atoms with Crippen LogP contribution in [0.4, 0.5) is 0 Å². The van der Waals surface area contributed by atoms with Crippen LogP contribution in [0.25, 0.3) is 0 Å². The molecule has 0 aromatic rings. The SMILES string of the molecule is CCOC(CCN1CCCC(OC)C1)OCC. The van der Waals surface area contributed by atoms with Gasteiger partial charge in [-0.05, 0) is 33.2 Å². The number of methoxy groups -OCH3 is 1. The molecule has 1 fully saturated rings. The van der Waals surface area contributed by atoms with Crippen molar-refractivity contribution < 1.29 is 14.2 Å². The van der Waals surface area contributed by atoms with Gasteiger partial charge in [-0.1, -0.05) is 0 Å². The van der Waals surface area contributed by atoms with E-state index in [-0.39, 0.29) is 6.29 Å². The Balaban J connectivity index is 2.22. The minimum atomic E-state index is -0.0482. The molecular formula is C13H27NO3. The monoisotopic (exact) mass is 245 g/mol. The zero-order valence-electron chi connectivity index (χ0n) is 11.5. The molecule has 1 unspecified atom stereocenters. The summed E-state index contributed by atoms with van der Waals surface area (Å²) in [5.74, 6) is 0. The van der Waals surface area contributed by atoms with Crippen molar-refractivity contribution in [3.8, 4) is 0 Å². The number of piperidine rings is 1. The highest BCUT2D eigenvalue weighted by atomic mass is 16.7. The van der Waals surface area contributed by atoms with Crippen molar-refractivity contribution in [1.29, 1.82) is 0 Å². The van der Waals surface area contributed by atoms with Gasteiger partial charge in [-0.15, -0.1) is 0 Å². The lowest BCUT2D eigenvalue weighted by molar-refractivity contribution is -0.142. The van der Waals surface area contributed by atoms with E-state index in [0.29, 0.717) is 19.3 Å². The molecule has 1 atom stereocenters. The number of hydrogen-bond donors (Lipinski definition) is 0. The predicted molar refractivity (Wildman–Crippen MR) is 68.1 cm³/mol. The molecule has 4 nitrogen and oxygen atoms in total. The maximum absolute atomic E-state index is 5.55. The standard InChI is InChI=1S/C13H27NO3/c1-4-16-13(17-5-2)8-10-14-9-6-7-12(11-14)15-3/h12-13H,4-11H2,1-3H3. The van der Waals surface area contributed by atoms with Crippen LogP contribution in [0.1, 0.15) is 33.1 Å². The van der Waals surface area contributed by atoms with Crippen molar-refractivity contribution in [1.82, 2.24) is 4.90 Å². The molecule has 17 heavy (non-hydrogen) atoms. The van der Waals surface area contributed by atoms with Gasteiger partial charge in [-0.3, -0.25) is 0 Å². The van der Waals surface area contributed by atoms with Crippen molar-refractivity contribution >= 4 is 0 Å². The number of likely N-dealkylation sites (tertiary alicyclic amines) is 1. The Bertz CT molecular complexity index is 184. The van der Waals surface area contributed by atoms with Crippen LogP contribution in [0.15, 0.2) is 0 Å². The summed E-state index contributed by atoms with van der Waals surface area (Å²) in [7, 11) is 1.80. The first-order chi connectivity index (χ1) is 8.30. The lowest BCUT2D eigenvalue weighted by Crippen LogP contribution is -2.40. The average Bonchev–Trinajstić information content (AvgIpc) is 2.37. The van der Waals surface area contributed by atoms with Gasteiger partial charge in [0.05, 0.1) is 6.10 Å². The molecule has 0 aliphatic carbocycles. The van der Waals surface area contributed by atoms with Crippen LogP contribution in [0.2, 0.25) is 0 Å². The van der Waals surface area contributed by atoms with Crippen LogP contribution in [0.3, 0.4) is 0 Å². The van der Waals surface area contributed by atoms with Gasteiger partial charge in [-0.2, -0.15) is 0 Å². The third kappa shape index (κ3) is 5.82. The highest BCUT2D eigenvalue weighted by molar-refractivity contribution is 4.73. The smallest absolute Gasteiger partial charge is 0.158 e. The number of nitrogens with zero attached hydrogens (tertiary/aromatic N) is 1. The van der Waals surface area contributed by atoms with Gasteiger partial charge >= 0.3 is 0 Å². The molecule has 1 saturated heterocycles. The summed E-state index contributed by atoms with van der Waals surface area (Å²) in [6, 6.07) is 0. The third-order valence-electron chi connectivity index (χ3n) is 3.18. The number of hydrogen-bond acceptors (Lipinski definition) is 4. The first-order valence-electron chi connectivity index (χ1n) is 6.78. The van der Waals surface area contributed by atoms with Crippen LogP contribution in [-0.2, 0) is 14.2 Å². The Morgan fingerprint density at radius 1 is 1.24 bits per heavy atom. The summed E-state index contributed by atoms with van der Waals surface area (Å²) in [6.45, 7) is 8.69. The molecule has 1 rings (SSSR count). The normalized spacial score (nSPS) is 22.2. The molecule has 1 aliphatic rings. The van der Waals surface area contributed by atoms with E-state index >= 15 is 0 Å². The zero-order valence-corrected chi connectivity index (χ0v) is 11.5. The second kappa shape index (κ2) is 8.86. The van der Waals surface area contributed by atoms with Gasteiger partial charge < -0.3 is 19.1 Å². The maximum atomic E-state index is 5.55. The van der Waals surface area contributed by atoms with Crippen molar-refractivity contribution in [2.75, 3.05) is 40.0 Å². The Morgan fingerprint density at radius 2 is 1.94 bits per heavy atom. The molecule has 1 heterocycles. The third-order valence-corrected chi connectivity index (χ3v) is 3.18. The van der Waals surface area contributed by atoms with Crippen molar-refractivity contribution in [2.45, 2.75) is 45.5 Å². The van der Waals surface area contributed by atoms with E-state index in [1.165, 1.54) is 19.4 Å².